The predicted molar refractivity (Wildman–Crippen MR) is 105 cm³/mol. The van der Waals surface area contributed by atoms with Gasteiger partial charge in [-0.2, -0.15) is 0 Å². The number of amides is 1. The fraction of sp³-hybridized carbons (Fsp3) is 0.600. The van der Waals surface area contributed by atoms with Crippen molar-refractivity contribution in [2.24, 2.45) is 10.9 Å². The molecule has 1 unspecified atom stereocenters. The van der Waals surface area contributed by atoms with Crippen LogP contribution in [0, 0.1) is 5.92 Å². The lowest BCUT2D eigenvalue weighted by molar-refractivity contribution is -0.123. The number of guanidine groups is 1. The number of nitrogens with one attached hydrogen (secondary N) is 3. The van der Waals surface area contributed by atoms with Gasteiger partial charge in [0.1, 0.15) is 0 Å². The molecule has 0 bridgehead atoms. The Hall–Kier alpha value is -0.830. The van der Waals surface area contributed by atoms with Crippen LogP contribution in [0.3, 0.4) is 0 Å². The van der Waals surface area contributed by atoms with Crippen LogP contribution in [0.4, 0.5) is 0 Å². The van der Waals surface area contributed by atoms with Crippen molar-refractivity contribution in [2.75, 3.05) is 19.6 Å². The number of carbonyl (C=O) groups excluding carboxylic acids is 1. The normalized spacial score (nSPS) is 12.5. The summed E-state index contributed by atoms with van der Waals surface area (Å²) in [7, 11) is 0. The minimum atomic E-state index is 0. The highest BCUT2D eigenvalue weighted by Gasteiger charge is 2.08. The summed E-state index contributed by atoms with van der Waals surface area (Å²) in [5.74, 6) is 0.853. The number of hydrogen-bond donors (Lipinski definition) is 3. The first-order valence-electron chi connectivity index (χ1n) is 7.40. The summed E-state index contributed by atoms with van der Waals surface area (Å²) in [6.07, 6.45) is 0. The average molecular weight is 438 g/mol. The highest BCUT2D eigenvalue weighted by Crippen LogP contribution is 2.17. The third kappa shape index (κ3) is 7.98. The van der Waals surface area contributed by atoms with Gasteiger partial charge < -0.3 is 16.0 Å². The predicted octanol–water partition coefficient (Wildman–Crippen LogP) is 2.75. The lowest BCUT2D eigenvalue weighted by Crippen LogP contribution is -2.39. The fourth-order valence-corrected chi connectivity index (χ4v) is 2.42. The second-order valence-electron chi connectivity index (χ2n) is 5.09. The number of nitrogens with zero attached hydrogens (tertiary/aromatic N) is 1. The molecule has 0 aliphatic heterocycles. The molecule has 22 heavy (non-hydrogen) atoms. The van der Waals surface area contributed by atoms with Gasteiger partial charge in [-0.1, -0.05) is 19.9 Å². The molecule has 0 aromatic carbocycles. The zero-order valence-corrected chi connectivity index (χ0v) is 16.8. The molecule has 1 rings (SSSR count). The summed E-state index contributed by atoms with van der Waals surface area (Å²) < 4.78 is 0. The van der Waals surface area contributed by atoms with Crippen LogP contribution >= 0.6 is 35.3 Å². The summed E-state index contributed by atoms with van der Waals surface area (Å²) >= 11 is 1.72. The highest BCUT2D eigenvalue weighted by molar-refractivity contribution is 14.0. The van der Waals surface area contributed by atoms with Crippen LogP contribution in [0.5, 0.6) is 0 Å². The molecule has 1 atom stereocenters. The molecule has 0 saturated carbocycles. The number of halogens is 1. The Morgan fingerprint density at radius 2 is 2.05 bits per heavy atom. The smallest absolute Gasteiger partial charge is 0.222 e. The zero-order chi connectivity index (χ0) is 15.7. The van der Waals surface area contributed by atoms with E-state index in [-0.39, 0.29) is 41.8 Å². The van der Waals surface area contributed by atoms with Gasteiger partial charge in [0.15, 0.2) is 5.96 Å². The van der Waals surface area contributed by atoms with E-state index in [1.54, 1.807) is 11.3 Å². The molecule has 0 radical (unpaired) electrons. The molecule has 0 aliphatic rings. The van der Waals surface area contributed by atoms with E-state index in [0.29, 0.717) is 13.1 Å². The van der Waals surface area contributed by atoms with Crippen LogP contribution in [0.25, 0.3) is 0 Å². The van der Waals surface area contributed by atoms with Gasteiger partial charge in [-0.3, -0.25) is 9.79 Å². The van der Waals surface area contributed by atoms with Crippen molar-refractivity contribution < 1.29 is 4.79 Å². The Balaban J connectivity index is 0.00000441. The van der Waals surface area contributed by atoms with Crippen molar-refractivity contribution >= 4 is 47.2 Å². The van der Waals surface area contributed by atoms with Gasteiger partial charge in [0.25, 0.3) is 0 Å². The van der Waals surface area contributed by atoms with Gasteiger partial charge in [-0.15, -0.1) is 35.3 Å². The quantitative estimate of drug-likeness (QED) is 0.266. The molecule has 0 aliphatic carbocycles. The molecular formula is C15H27IN4OS. The third-order valence-electron chi connectivity index (χ3n) is 2.87. The standard InChI is InChI=1S/C15H26N4OS.HI/c1-5-16-15(18-9-8-17-14(20)11(2)3)19-12(4)13-7-6-10-21-13;/h6-7,10-12H,5,8-9H2,1-4H3,(H,17,20)(H2,16,18,19);1H. The number of aliphatic imine (C=N–C) groups is 1. The van der Waals surface area contributed by atoms with Gasteiger partial charge in [-0.05, 0) is 25.3 Å². The molecule has 3 N–H and O–H groups in total. The molecule has 1 amide bonds. The Bertz CT molecular complexity index is 448. The molecule has 126 valence electrons. The third-order valence-corrected chi connectivity index (χ3v) is 3.93. The number of hydrogen-bond acceptors (Lipinski definition) is 3. The highest BCUT2D eigenvalue weighted by atomic mass is 127. The molecular weight excluding hydrogens is 411 g/mol. The van der Waals surface area contributed by atoms with E-state index in [4.69, 9.17) is 0 Å². The molecule has 1 aromatic rings. The lowest BCUT2D eigenvalue weighted by atomic mass is 10.2. The first-order valence-corrected chi connectivity index (χ1v) is 8.28. The second kappa shape index (κ2) is 11.7. The maximum absolute atomic E-state index is 11.5. The largest absolute Gasteiger partial charge is 0.357 e. The van der Waals surface area contributed by atoms with Crippen LogP contribution < -0.4 is 16.0 Å². The van der Waals surface area contributed by atoms with Crippen molar-refractivity contribution in [1.82, 2.24) is 16.0 Å². The topological polar surface area (TPSA) is 65.5 Å². The first kappa shape index (κ1) is 21.2. The number of carbonyl (C=O) groups is 1. The zero-order valence-electron chi connectivity index (χ0n) is 13.7. The summed E-state index contributed by atoms with van der Waals surface area (Å²) in [5, 5.41) is 11.5. The van der Waals surface area contributed by atoms with E-state index in [0.717, 1.165) is 12.5 Å². The maximum Gasteiger partial charge on any atom is 0.222 e. The molecule has 1 aromatic heterocycles. The molecule has 5 nitrogen and oxygen atoms in total. The van der Waals surface area contributed by atoms with Crippen molar-refractivity contribution in [3.8, 4) is 0 Å². The van der Waals surface area contributed by atoms with E-state index in [2.05, 4.69) is 39.3 Å². The summed E-state index contributed by atoms with van der Waals surface area (Å²) in [6, 6.07) is 4.37. The van der Waals surface area contributed by atoms with Crippen molar-refractivity contribution in [3.63, 3.8) is 0 Å². The Morgan fingerprint density at radius 1 is 1.32 bits per heavy atom. The number of rotatable bonds is 7. The average Bonchev–Trinajstić information content (AvgIpc) is 2.97. The van der Waals surface area contributed by atoms with E-state index in [9.17, 15) is 4.79 Å². The van der Waals surface area contributed by atoms with Crippen LogP contribution in [0.1, 0.15) is 38.6 Å². The van der Waals surface area contributed by atoms with E-state index in [1.807, 2.05) is 26.8 Å². The first-order chi connectivity index (χ1) is 10.0. The van der Waals surface area contributed by atoms with Crippen molar-refractivity contribution in [2.45, 2.75) is 33.7 Å². The van der Waals surface area contributed by atoms with E-state index in [1.165, 1.54) is 4.88 Å². The molecule has 1 heterocycles. The molecule has 7 heteroatoms. The van der Waals surface area contributed by atoms with Crippen LogP contribution in [-0.2, 0) is 4.79 Å². The van der Waals surface area contributed by atoms with E-state index >= 15 is 0 Å². The van der Waals surface area contributed by atoms with Crippen LogP contribution in [-0.4, -0.2) is 31.5 Å². The number of thiophene rings is 1. The summed E-state index contributed by atoms with van der Waals surface area (Å²) in [4.78, 5) is 17.2. The molecule has 0 fully saturated rings. The Labute approximate surface area is 154 Å². The van der Waals surface area contributed by atoms with E-state index < -0.39 is 0 Å². The van der Waals surface area contributed by atoms with Crippen molar-refractivity contribution in [1.29, 1.82) is 0 Å². The van der Waals surface area contributed by atoms with Gasteiger partial charge in [0.2, 0.25) is 5.91 Å². The van der Waals surface area contributed by atoms with Crippen LogP contribution in [0.15, 0.2) is 22.5 Å². The monoisotopic (exact) mass is 438 g/mol. The lowest BCUT2D eigenvalue weighted by Gasteiger charge is -2.16. The summed E-state index contributed by atoms with van der Waals surface area (Å²) in [6.45, 7) is 9.83. The maximum atomic E-state index is 11.5. The Morgan fingerprint density at radius 3 is 2.59 bits per heavy atom. The van der Waals surface area contributed by atoms with Gasteiger partial charge >= 0.3 is 0 Å². The fourth-order valence-electron chi connectivity index (χ4n) is 1.68. The van der Waals surface area contributed by atoms with Gasteiger partial charge in [0.05, 0.1) is 12.6 Å². The van der Waals surface area contributed by atoms with Crippen molar-refractivity contribution in [3.05, 3.63) is 22.4 Å². The van der Waals surface area contributed by atoms with Crippen LogP contribution in [0.2, 0.25) is 0 Å². The molecule has 0 spiro atoms. The Kier molecular flexibility index (Phi) is 11.3. The molecule has 0 saturated heterocycles. The second-order valence-corrected chi connectivity index (χ2v) is 6.07. The minimum absolute atomic E-state index is 0. The minimum Gasteiger partial charge on any atom is -0.357 e. The van der Waals surface area contributed by atoms with Gasteiger partial charge in [0, 0.05) is 23.9 Å². The van der Waals surface area contributed by atoms with Gasteiger partial charge in [-0.25, -0.2) is 0 Å². The summed E-state index contributed by atoms with van der Waals surface area (Å²) in [5.41, 5.74) is 0. The SMILES string of the molecule is CCNC(=NCCNC(=O)C(C)C)NC(C)c1cccs1.I.